The normalized spacial score (nSPS) is 11.5. The molecule has 0 aliphatic rings. The molecule has 0 aromatic carbocycles. The van der Waals surface area contributed by atoms with Crippen LogP contribution in [-0.4, -0.2) is 37.1 Å². The fourth-order valence-corrected chi connectivity index (χ4v) is 0.858. The van der Waals surface area contributed by atoms with E-state index >= 15 is 0 Å². The summed E-state index contributed by atoms with van der Waals surface area (Å²) in [6, 6.07) is 0. The van der Waals surface area contributed by atoms with Crippen LogP contribution in [0.3, 0.4) is 0 Å². The Morgan fingerprint density at radius 2 is 2.08 bits per heavy atom. The first-order chi connectivity index (χ1) is 5.87. The number of ether oxygens (including phenoxy) is 1. The van der Waals surface area contributed by atoms with Crippen molar-refractivity contribution in [2.24, 2.45) is 0 Å². The molecule has 0 aromatic rings. The van der Waals surface area contributed by atoms with Gasteiger partial charge < -0.3 is 9.64 Å². The van der Waals surface area contributed by atoms with Crippen molar-refractivity contribution in [3.63, 3.8) is 0 Å². The first kappa shape index (κ1) is 12.2. The molecule has 0 amide bonds. The molecular weight excluding hydrogens is 166 g/mol. The zero-order chi connectivity index (χ0) is 10.5. The van der Waals surface area contributed by atoms with E-state index in [9.17, 15) is 4.79 Å². The lowest BCUT2D eigenvalue weighted by Gasteiger charge is -2.25. The highest BCUT2D eigenvalue weighted by Crippen LogP contribution is 2.14. The standard InChI is InChI=1S/C10H19NO2/c1-6-9(12)13-10(2,3)7-8-11(4)5/h6H,1,7-8H2,2-5H3. The number of nitrogens with zero attached hydrogens (tertiary/aromatic N) is 1. The summed E-state index contributed by atoms with van der Waals surface area (Å²) in [5, 5.41) is 0. The van der Waals surface area contributed by atoms with Crippen LogP contribution in [0.4, 0.5) is 0 Å². The lowest BCUT2D eigenvalue weighted by molar-refractivity contribution is -0.150. The molecule has 0 bridgehead atoms. The molecule has 0 unspecified atom stereocenters. The Morgan fingerprint density at radius 3 is 2.46 bits per heavy atom. The van der Waals surface area contributed by atoms with Crippen LogP contribution in [0, 0.1) is 0 Å². The number of carbonyl (C=O) groups is 1. The number of hydrogen-bond donors (Lipinski definition) is 0. The quantitative estimate of drug-likeness (QED) is 0.479. The predicted octanol–water partition coefficient (Wildman–Crippen LogP) is 1.45. The Labute approximate surface area is 80.4 Å². The summed E-state index contributed by atoms with van der Waals surface area (Å²) in [4.78, 5) is 13.0. The molecule has 0 aromatic heterocycles. The topological polar surface area (TPSA) is 29.5 Å². The van der Waals surface area contributed by atoms with Gasteiger partial charge >= 0.3 is 5.97 Å². The Bertz CT molecular complexity index is 185. The molecule has 0 saturated carbocycles. The van der Waals surface area contributed by atoms with Crippen LogP contribution in [0.2, 0.25) is 0 Å². The van der Waals surface area contributed by atoms with Crippen LogP contribution in [0.25, 0.3) is 0 Å². The van der Waals surface area contributed by atoms with Crippen LogP contribution in [0.1, 0.15) is 20.3 Å². The summed E-state index contributed by atoms with van der Waals surface area (Å²) in [5.74, 6) is -0.358. The van der Waals surface area contributed by atoms with Gasteiger partial charge in [0.15, 0.2) is 0 Å². The van der Waals surface area contributed by atoms with Crippen LogP contribution in [0.15, 0.2) is 12.7 Å². The highest BCUT2D eigenvalue weighted by Gasteiger charge is 2.21. The van der Waals surface area contributed by atoms with Gasteiger partial charge in [-0.05, 0) is 34.4 Å². The fraction of sp³-hybridized carbons (Fsp3) is 0.700. The number of rotatable bonds is 5. The van der Waals surface area contributed by atoms with Crippen molar-refractivity contribution in [1.82, 2.24) is 4.90 Å². The second-order valence-corrected chi connectivity index (χ2v) is 3.94. The first-order valence-electron chi connectivity index (χ1n) is 4.37. The summed E-state index contributed by atoms with van der Waals surface area (Å²) in [5.41, 5.74) is -0.407. The van der Waals surface area contributed by atoms with E-state index in [1.807, 2.05) is 27.9 Å². The highest BCUT2D eigenvalue weighted by atomic mass is 16.6. The predicted molar refractivity (Wildman–Crippen MR) is 53.5 cm³/mol. The number of carbonyl (C=O) groups excluding carboxylic acids is 1. The largest absolute Gasteiger partial charge is 0.456 e. The number of esters is 1. The third-order valence-corrected chi connectivity index (χ3v) is 1.70. The van der Waals surface area contributed by atoms with Gasteiger partial charge in [-0.15, -0.1) is 0 Å². The van der Waals surface area contributed by atoms with Crippen molar-refractivity contribution in [3.05, 3.63) is 12.7 Å². The smallest absolute Gasteiger partial charge is 0.330 e. The van der Waals surface area contributed by atoms with Gasteiger partial charge in [-0.2, -0.15) is 0 Å². The average molecular weight is 185 g/mol. The van der Waals surface area contributed by atoms with Crippen molar-refractivity contribution < 1.29 is 9.53 Å². The molecular formula is C10H19NO2. The van der Waals surface area contributed by atoms with Crippen molar-refractivity contribution in [2.75, 3.05) is 20.6 Å². The summed E-state index contributed by atoms with van der Waals surface area (Å²) in [6.45, 7) is 8.06. The second kappa shape index (κ2) is 5.02. The molecule has 0 aliphatic carbocycles. The van der Waals surface area contributed by atoms with Crippen LogP contribution in [0.5, 0.6) is 0 Å². The van der Waals surface area contributed by atoms with Gasteiger partial charge in [0.1, 0.15) is 5.60 Å². The van der Waals surface area contributed by atoms with Gasteiger partial charge in [-0.1, -0.05) is 6.58 Å². The lowest BCUT2D eigenvalue weighted by atomic mass is 10.1. The molecule has 0 fully saturated rings. The molecule has 0 aliphatic heterocycles. The molecule has 0 rings (SSSR count). The molecule has 76 valence electrons. The molecule has 0 saturated heterocycles. The Kier molecular flexibility index (Phi) is 4.70. The molecule has 0 spiro atoms. The minimum absolute atomic E-state index is 0.358. The van der Waals surface area contributed by atoms with Crippen molar-refractivity contribution in [1.29, 1.82) is 0 Å². The Balaban J connectivity index is 3.92. The lowest BCUT2D eigenvalue weighted by Crippen LogP contribution is -2.31. The average Bonchev–Trinajstić information content (AvgIpc) is 2.00. The fourth-order valence-electron chi connectivity index (χ4n) is 0.858. The van der Waals surface area contributed by atoms with E-state index < -0.39 is 5.60 Å². The molecule has 0 radical (unpaired) electrons. The highest BCUT2D eigenvalue weighted by molar-refractivity contribution is 5.81. The van der Waals surface area contributed by atoms with Gasteiger partial charge in [0.05, 0.1) is 0 Å². The van der Waals surface area contributed by atoms with Crippen LogP contribution < -0.4 is 0 Å². The zero-order valence-corrected chi connectivity index (χ0v) is 8.96. The third-order valence-electron chi connectivity index (χ3n) is 1.70. The van der Waals surface area contributed by atoms with E-state index in [4.69, 9.17) is 4.74 Å². The summed E-state index contributed by atoms with van der Waals surface area (Å²) < 4.78 is 5.15. The molecule has 3 nitrogen and oxygen atoms in total. The monoisotopic (exact) mass is 185 g/mol. The number of hydrogen-bond acceptors (Lipinski definition) is 3. The van der Waals surface area contributed by atoms with Crippen molar-refractivity contribution in [3.8, 4) is 0 Å². The van der Waals surface area contributed by atoms with E-state index in [-0.39, 0.29) is 5.97 Å². The van der Waals surface area contributed by atoms with E-state index in [2.05, 4.69) is 11.5 Å². The summed E-state index contributed by atoms with van der Waals surface area (Å²) >= 11 is 0. The van der Waals surface area contributed by atoms with Gasteiger partial charge in [-0.3, -0.25) is 0 Å². The van der Waals surface area contributed by atoms with Gasteiger partial charge in [0.25, 0.3) is 0 Å². The molecule has 13 heavy (non-hydrogen) atoms. The second-order valence-electron chi connectivity index (χ2n) is 3.94. The Morgan fingerprint density at radius 1 is 1.54 bits per heavy atom. The molecule has 3 heteroatoms. The van der Waals surface area contributed by atoms with Gasteiger partial charge in [0.2, 0.25) is 0 Å². The third kappa shape index (κ3) is 6.34. The maximum absolute atomic E-state index is 10.9. The summed E-state index contributed by atoms with van der Waals surface area (Å²) in [6.07, 6.45) is 2.01. The SMILES string of the molecule is C=CC(=O)OC(C)(C)CCN(C)C. The molecule has 0 atom stereocenters. The van der Waals surface area contributed by atoms with E-state index in [0.717, 1.165) is 13.0 Å². The van der Waals surface area contributed by atoms with Gasteiger partial charge in [0, 0.05) is 12.6 Å². The molecule has 0 N–H and O–H groups in total. The van der Waals surface area contributed by atoms with E-state index in [1.54, 1.807) is 0 Å². The maximum Gasteiger partial charge on any atom is 0.330 e. The minimum atomic E-state index is -0.407. The van der Waals surface area contributed by atoms with Crippen molar-refractivity contribution >= 4 is 5.97 Å². The molecule has 0 heterocycles. The first-order valence-corrected chi connectivity index (χ1v) is 4.37. The maximum atomic E-state index is 10.9. The van der Waals surface area contributed by atoms with Crippen LogP contribution in [-0.2, 0) is 9.53 Å². The summed E-state index contributed by atoms with van der Waals surface area (Å²) in [7, 11) is 3.98. The van der Waals surface area contributed by atoms with Gasteiger partial charge in [-0.25, -0.2) is 4.79 Å². The Hall–Kier alpha value is -0.830. The van der Waals surface area contributed by atoms with E-state index in [1.165, 1.54) is 6.08 Å². The zero-order valence-electron chi connectivity index (χ0n) is 8.96. The van der Waals surface area contributed by atoms with Crippen LogP contribution >= 0.6 is 0 Å². The minimum Gasteiger partial charge on any atom is -0.456 e. The van der Waals surface area contributed by atoms with E-state index in [0.29, 0.717) is 0 Å². The van der Waals surface area contributed by atoms with Crippen molar-refractivity contribution in [2.45, 2.75) is 25.9 Å².